The molecule has 8 heteroatoms. The van der Waals surface area contributed by atoms with E-state index in [9.17, 15) is 13.2 Å². The minimum absolute atomic E-state index is 0.0256. The summed E-state index contributed by atoms with van der Waals surface area (Å²) in [7, 11) is -1.97. The van der Waals surface area contributed by atoms with Crippen molar-refractivity contribution in [2.24, 2.45) is 5.41 Å². The van der Waals surface area contributed by atoms with Gasteiger partial charge in [0, 0.05) is 37.7 Å². The highest BCUT2D eigenvalue weighted by molar-refractivity contribution is 7.89. The minimum Gasteiger partial charge on any atom is -0.384 e. The van der Waals surface area contributed by atoms with Gasteiger partial charge in [-0.25, -0.2) is 13.1 Å². The molecule has 1 amide bonds. The summed E-state index contributed by atoms with van der Waals surface area (Å²) in [6, 6.07) is 5.07. The summed E-state index contributed by atoms with van der Waals surface area (Å²) in [6.45, 7) is 6.13. The maximum absolute atomic E-state index is 12.9. The van der Waals surface area contributed by atoms with Crippen LogP contribution in [0.5, 0.6) is 0 Å². The first kappa shape index (κ1) is 20.3. The third kappa shape index (κ3) is 4.18. The largest absolute Gasteiger partial charge is 0.384 e. The Morgan fingerprint density at radius 3 is 2.70 bits per heavy atom. The van der Waals surface area contributed by atoms with Crippen LogP contribution in [0.1, 0.15) is 32.3 Å². The Kier molecular flexibility index (Phi) is 5.90. The van der Waals surface area contributed by atoms with E-state index in [4.69, 9.17) is 4.74 Å². The van der Waals surface area contributed by atoms with E-state index < -0.39 is 10.0 Å². The lowest BCUT2D eigenvalue weighted by Gasteiger charge is -2.37. The van der Waals surface area contributed by atoms with Crippen LogP contribution in [0.4, 0.5) is 5.69 Å². The van der Waals surface area contributed by atoms with Crippen LogP contribution < -0.4 is 14.9 Å². The molecule has 0 aromatic heterocycles. The van der Waals surface area contributed by atoms with E-state index in [0.717, 1.165) is 37.2 Å². The number of sulfonamides is 1. The van der Waals surface area contributed by atoms with Gasteiger partial charge in [0.2, 0.25) is 15.9 Å². The molecule has 150 valence electrons. The van der Waals surface area contributed by atoms with E-state index >= 15 is 0 Å². The Morgan fingerprint density at radius 2 is 2.07 bits per heavy atom. The fourth-order valence-corrected chi connectivity index (χ4v) is 5.43. The first-order chi connectivity index (χ1) is 12.8. The van der Waals surface area contributed by atoms with Crippen LogP contribution in [0.15, 0.2) is 23.1 Å². The van der Waals surface area contributed by atoms with E-state index in [2.05, 4.69) is 10.0 Å². The summed E-state index contributed by atoms with van der Waals surface area (Å²) in [4.78, 5) is 13.8. The molecule has 3 rings (SSSR count). The highest BCUT2D eigenvalue weighted by Crippen LogP contribution is 2.34. The first-order valence-electron chi connectivity index (χ1n) is 9.40. The predicted octanol–water partition coefficient (Wildman–Crippen LogP) is 1.28. The molecule has 27 heavy (non-hydrogen) atoms. The fraction of sp³-hybridized carbons (Fsp3) is 0.632. The normalized spacial score (nSPS) is 21.9. The Balaban J connectivity index is 1.78. The van der Waals surface area contributed by atoms with Crippen LogP contribution in [0.3, 0.4) is 0 Å². The van der Waals surface area contributed by atoms with Crippen molar-refractivity contribution in [3.8, 4) is 0 Å². The van der Waals surface area contributed by atoms with Gasteiger partial charge in [0.25, 0.3) is 0 Å². The number of nitrogens with one attached hydrogen (secondary N) is 2. The molecule has 7 nitrogen and oxygen atoms in total. The van der Waals surface area contributed by atoms with Crippen molar-refractivity contribution in [1.29, 1.82) is 0 Å². The van der Waals surface area contributed by atoms with Gasteiger partial charge >= 0.3 is 0 Å². The van der Waals surface area contributed by atoms with Gasteiger partial charge < -0.3 is 15.0 Å². The zero-order valence-corrected chi connectivity index (χ0v) is 17.1. The Bertz CT molecular complexity index is 798. The molecule has 2 aliphatic heterocycles. The van der Waals surface area contributed by atoms with E-state index in [0.29, 0.717) is 19.6 Å². The number of piperidine rings is 1. The minimum atomic E-state index is -3.62. The lowest BCUT2D eigenvalue weighted by atomic mass is 9.80. The molecule has 1 atom stereocenters. The molecule has 1 unspecified atom stereocenters. The molecular weight excluding hydrogens is 366 g/mol. The van der Waals surface area contributed by atoms with Crippen molar-refractivity contribution >= 4 is 21.6 Å². The molecule has 1 aromatic carbocycles. The molecule has 1 saturated heterocycles. The molecule has 2 N–H and O–H groups in total. The molecule has 0 bridgehead atoms. The van der Waals surface area contributed by atoms with Gasteiger partial charge in [-0.1, -0.05) is 0 Å². The van der Waals surface area contributed by atoms with Crippen molar-refractivity contribution in [1.82, 2.24) is 10.0 Å². The third-order valence-corrected chi connectivity index (χ3v) is 7.07. The lowest BCUT2D eigenvalue weighted by molar-refractivity contribution is -0.116. The second kappa shape index (κ2) is 7.87. The van der Waals surface area contributed by atoms with Gasteiger partial charge in [0.15, 0.2) is 0 Å². The standard InChI is InChI=1S/C19H29N3O4S/c1-14-10-16-11-17(4-5-18(16)22(14)15(2)23)27(24,25)21-12-19(13-26-3)6-8-20-9-7-19/h4-5,11,14,20-21H,6-10,12-13H2,1-3H3. The van der Waals surface area contributed by atoms with Gasteiger partial charge in [-0.2, -0.15) is 0 Å². The second-order valence-electron chi connectivity index (χ2n) is 7.74. The fourth-order valence-electron chi connectivity index (χ4n) is 4.22. The summed E-state index contributed by atoms with van der Waals surface area (Å²) in [6.07, 6.45) is 2.41. The van der Waals surface area contributed by atoms with Crippen molar-refractivity contribution in [2.75, 3.05) is 38.3 Å². The smallest absolute Gasteiger partial charge is 0.240 e. The average molecular weight is 396 g/mol. The number of hydrogen-bond acceptors (Lipinski definition) is 5. The lowest BCUT2D eigenvalue weighted by Crippen LogP contribution is -2.47. The van der Waals surface area contributed by atoms with Crippen LogP contribution in [0.2, 0.25) is 0 Å². The van der Waals surface area contributed by atoms with Gasteiger partial charge in [0.05, 0.1) is 11.5 Å². The number of benzene rings is 1. The van der Waals surface area contributed by atoms with Crippen LogP contribution in [0.25, 0.3) is 0 Å². The Morgan fingerprint density at radius 1 is 1.37 bits per heavy atom. The Labute approximate surface area is 161 Å². The molecule has 2 heterocycles. The number of anilines is 1. The van der Waals surface area contributed by atoms with Crippen molar-refractivity contribution in [3.05, 3.63) is 23.8 Å². The van der Waals surface area contributed by atoms with Gasteiger partial charge in [-0.15, -0.1) is 0 Å². The van der Waals surface area contributed by atoms with E-state index in [1.807, 2.05) is 6.92 Å². The number of rotatable bonds is 6. The zero-order valence-electron chi connectivity index (χ0n) is 16.2. The summed E-state index contributed by atoms with van der Waals surface area (Å²) < 4.78 is 33.9. The number of nitrogens with zero attached hydrogens (tertiary/aromatic N) is 1. The number of carbonyl (C=O) groups is 1. The monoisotopic (exact) mass is 395 g/mol. The SMILES string of the molecule is COCC1(CNS(=O)(=O)c2ccc3c(c2)CC(C)N3C(C)=O)CCNCC1. The highest BCUT2D eigenvalue weighted by atomic mass is 32.2. The van der Waals surface area contributed by atoms with E-state index in [1.54, 1.807) is 30.2 Å². The maximum atomic E-state index is 12.9. The molecule has 2 aliphatic rings. The van der Waals surface area contributed by atoms with Gasteiger partial charge in [0.1, 0.15) is 0 Å². The number of fused-ring (bicyclic) bond motifs is 1. The first-order valence-corrected chi connectivity index (χ1v) is 10.9. The molecule has 0 saturated carbocycles. The molecule has 0 aliphatic carbocycles. The quantitative estimate of drug-likeness (QED) is 0.758. The van der Waals surface area contributed by atoms with E-state index in [-0.39, 0.29) is 22.3 Å². The van der Waals surface area contributed by atoms with E-state index in [1.165, 1.54) is 6.92 Å². The number of amides is 1. The summed E-state index contributed by atoms with van der Waals surface area (Å²) in [5.41, 5.74) is 1.53. The molecule has 1 aromatic rings. The molecule has 0 spiro atoms. The van der Waals surface area contributed by atoms with Crippen LogP contribution in [-0.4, -0.2) is 53.7 Å². The van der Waals surface area contributed by atoms with Crippen LogP contribution >= 0.6 is 0 Å². The van der Waals surface area contributed by atoms with Gasteiger partial charge in [-0.3, -0.25) is 4.79 Å². The number of carbonyl (C=O) groups excluding carboxylic acids is 1. The summed E-state index contributed by atoms with van der Waals surface area (Å²) >= 11 is 0. The summed E-state index contributed by atoms with van der Waals surface area (Å²) in [5.74, 6) is -0.0256. The number of methoxy groups -OCH3 is 1. The van der Waals surface area contributed by atoms with Crippen LogP contribution in [0, 0.1) is 5.41 Å². The Hall–Kier alpha value is -1.48. The van der Waals surface area contributed by atoms with Gasteiger partial charge in [-0.05, 0) is 63.0 Å². The predicted molar refractivity (Wildman–Crippen MR) is 104 cm³/mol. The molecule has 1 fully saturated rings. The molecule has 0 radical (unpaired) electrons. The number of hydrogen-bond donors (Lipinski definition) is 2. The maximum Gasteiger partial charge on any atom is 0.240 e. The average Bonchev–Trinajstić information content (AvgIpc) is 2.96. The van der Waals surface area contributed by atoms with Crippen molar-refractivity contribution in [3.63, 3.8) is 0 Å². The molecular formula is C19H29N3O4S. The van der Waals surface area contributed by atoms with Crippen molar-refractivity contribution in [2.45, 2.75) is 44.0 Å². The second-order valence-corrected chi connectivity index (χ2v) is 9.51. The number of ether oxygens (including phenoxy) is 1. The summed E-state index contributed by atoms with van der Waals surface area (Å²) in [5, 5.41) is 3.31. The van der Waals surface area contributed by atoms with Crippen LogP contribution in [-0.2, 0) is 26.0 Å². The van der Waals surface area contributed by atoms with Crippen molar-refractivity contribution < 1.29 is 17.9 Å². The topological polar surface area (TPSA) is 87.7 Å². The highest BCUT2D eigenvalue weighted by Gasteiger charge is 2.34. The zero-order chi connectivity index (χ0) is 19.7. The third-order valence-electron chi connectivity index (χ3n) is 5.67.